The predicted octanol–water partition coefficient (Wildman–Crippen LogP) is 5.06. The van der Waals surface area contributed by atoms with E-state index >= 15 is 0 Å². The normalized spacial score (nSPS) is 11.3. The molecule has 1 heterocycles. The second-order valence-electron chi connectivity index (χ2n) is 6.78. The summed E-state index contributed by atoms with van der Waals surface area (Å²) in [7, 11) is 1.85. The zero-order valence-electron chi connectivity index (χ0n) is 17.1. The maximum Gasteiger partial charge on any atom is 0.416 e. The highest BCUT2D eigenvalue weighted by atomic mass is 19.4. The summed E-state index contributed by atoms with van der Waals surface area (Å²) in [5, 5.41) is 2.51. The van der Waals surface area contributed by atoms with Gasteiger partial charge in [0.1, 0.15) is 23.9 Å². The average Bonchev–Trinajstić information content (AvgIpc) is 3.15. The van der Waals surface area contributed by atoms with Crippen LogP contribution in [-0.2, 0) is 19.8 Å². The maximum atomic E-state index is 13.1. The molecule has 0 atom stereocenters. The van der Waals surface area contributed by atoms with Gasteiger partial charge >= 0.3 is 6.18 Å². The number of hydrogen-bond acceptors (Lipinski definition) is 4. The first kappa shape index (κ1) is 22.2. The number of nitrogens with zero attached hydrogens (tertiary/aromatic N) is 2. The summed E-state index contributed by atoms with van der Waals surface area (Å²) >= 11 is 0. The van der Waals surface area contributed by atoms with E-state index in [0.717, 1.165) is 18.0 Å². The number of aryl methyl sites for hydroxylation is 1. The first-order valence-corrected chi connectivity index (χ1v) is 9.62. The molecule has 0 spiro atoms. The number of ether oxygens (including phenoxy) is 2. The number of anilines is 1. The van der Waals surface area contributed by atoms with Crippen LogP contribution in [0.2, 0.25) is 0 Å². The van der Waals surface area contributed by atoms with Gasteiger partial charge in [-0.25, -0.2) is 4.98 Å². The van der Waals surface area contributed by atoms with Crippen molar-refractivity contribution in [1.29, 1.82) is 0 Å². The lowest BCUT2D eigenvalue weighted by Gasteiger charge is -2.15. The lowest BCUT2D eigenvalue weighted by Crippen LogP contribution is -2.14. The Morgan fingerprint density at radius 3 is 2.48 bits per heavy atom. The number of hydrogen-bond donors (Lipinski definition) is 1. The van der Waals surface area contributed by atoms with E-state index in [4.69, 9.17) is 9.47 Å². The molecule has 0 aliphatic heterocycles. The second-order valence-corrected chi connectivity index (χ2v) is 6.78. The molecule has 0 radical (unpaired) electrons. The molecule has 0 unspecified atom stereocenters. The highest BCUT2D eigenvalue weighted by molar-refractivity contribution is 6.05. The SMILES string of the molecule is CCCOc1ccc(C(F)(F)F)cc1NC(=O)c1ccc(OCc2nccn2C)cc1. The van der Waals surface area contributed by atoms with Gasteiger partial charge in [0.2, 0.25) is 0 Å². The Labute approximate surface area is 177 Å². The van der Waals surface area contributed by atoms with Crippen LogP contribution in [0.15, 0.2) is 54.9 Å². The van der Waals surface area contributed by atoms with Crippen LogP contribution in [-0.4, -0.2) is 22.1 Å². The van der Waals surface area contributed by atoms with Crippen molar-refractivity contribution in [3.8, 4) is 11.5 Å². The summed E-state index contributed by atoms with van der Waals surface area (Å²) < 4.78 is 52.2. The first-order chi connectivity index (χ1) is 14.8. The fraction of sp³-hybridized carbons (Fsp3) is 0.273. The summed E-state index contributed by atoms with van der Waals surface area (Å²) in [5.74, 6) is 0.895. The standard InChI is InChI=1S/C22H22F3N3O3/c1-3-12-30-19-9-6-16(22(23,24)25)13-18(19)27-21(29)15-4-7-17(8-5-15)31-14-20-26-10-11-28(20)2/h4-11,13H,3,12,14H2,1-2H3,(H,27,29). The van der Waals surface area contributed by atoms with Gasteiger partial charge in [-0.3, -0.25) is 4.79 Å². The van der Waals surface area contributed by atoms with Gasteiger partial charge in [-0.1, -0.05) is 6.92 Å². The van der Waals surface area contributed by atoms with E-state index < -0.39 is 17.6 Å². The highest BCUT2D eigenvalue weighted by Crippen LogP contribution is 2.35. The van der Waals surface area contributed by atoms with E-state index in [1.165, 1.54) is 18.2 Å². The molecule has 1 amide bonds. The van der Waals surface area contributed by atoms with Crippen LogP contribution in [0.5, 0.6) is 11.5 Å². The number of halogens is 3. The molecule has 6 nitrogen and oxygen atoms in total. The number of alkyl halides is 3. The summed E-state index contributed by atoms with van der Waals surface area (Å²) in [4.78, 5) is 16.8. The average molecular weight is 433 g/mol. The number of aromatic nitrogens is 2. The highest BCUT2D eigenvalue weighted by Gasteiger charge is 2.31. The minimum Gasteiger partial charge on any atom is -0.491 e. The van der Waals surface area contributed by atoms with E-state index in [2.05, 4.69) is 10.3 Å². The van der Waals surface area contributed by atoms with E-state index in [1.54, 1.807) is 24.5 Å². The Bertz CT molecular complexity index is 1030. The van der Waals surface area contributed by atoms with Crippen LogP contribution >= 0.6 is 0 Å². The molecular weight excluding hydrogens is 411 g/mol. The summed E-state index contributed by atoms with van der Waals surface area (Å²) in [5.41, 5.74) is -0.642. The quantitative estimate of drug-likeness (QED) is 0.539. The third-order valence-electron chi connectivity index (χ3n) is 4.42. The Kier molecular flexibility index (Phi) is 6.84. The molecule has 0 fully saturated rings. The maximum absolute atomic E-state index is 13.1. The number of nitrogens with one attached hydrogen (secondary N) is 1. The summed E-state index contributed by atoms with van der Waals surface area (Å²) in [6, 6.07) is 9.29. The number of rotatable bonds is 8. The van der Waals surface area contributed by atoms with Gasteiger partial charge in [-0.15, -0.1) is 0 Å². The Morgan fingerprint density at radius 2 is 1.87 bits per heavy atom. The van der Waals surface area contributed by atoms with Gasteiger partial charge in [-0.2, -0.15) is 13.2 Å². The molecule has 0 saturated carbocycles. The zero-order chi connectivity index (χ0) is 22.4. The molecule has 1 N–H and O–H groups in total. The van der Waals surface area contributed by atoms with Crippen LogP contribution < -0.4 is 14.8 Å². The Morgan fingerprint density at radius 1 is 1.13 bits per heavy atom. The molecule has 9 heteroatoms. The fourth-order valence-corrected chi connectivity index (χ4v) is 2.72. The van der Waals surface area contributed by atoms with Gasteiger partial charge < -0.3 is 19.4 Å². The van der Waals surface area contributed by atoms with Gasteiger partial charge in [0, 0.05) is 25.0 Å². The molecular formula is C22H22F3N3O3. The van der Waals surface area contributed by atoms with Crippen molar-refractivity contribution in [1.82, 2.24) is 9.55 Å². The van der Waals surface area contributed by atoms with Crippen molar-refractivity contribution in [3.63, 3.8) is 0 Å². The molecule has 164 valence electrons. The molecule has 0 saturated heterocycles. The van der Waals surface area contributed by atoms with Crippen LogP contribution in [0.1, 0.15) is 35.1 Å². The summed E-state index contributed by atoms with van der Waals surface area (Å²) in [6.45, 7) is 2.45. The van der Waals surface area contributed by atoms with Crippen molar-refractivity contribution in [3.05, 3.63) is 71.8 Å². The van der Waals surface area contributed by atoms with Crippen molar-refractivity contribution in [2.45, 2.75) is 26.1 Å². The molecule has 1 aromatic heterocycles. The van der Waals surface area contributed by atoms with Crippen molar-refractivity contribution in [2.24, 2.45) is 7.05 Å². The van der Waals surface area contributed by atoms with Gasteiger partial charge in [0.25, 0.3) is 5.91 Å². The van der Waals surface area contributed by atoms with Crippen LogP contribution in [0.3, 0.4) is 0 Å². The van der Waals surface area contributed by atoms with Crippen LogP contribution in [0, 0.1) is 0 Å². The lowest BCUT2D eigenvalue weighted by atomic mass is 10.1. The minimum absolute atomic E-state index is 0.0385. The molecule has 3 rings (SSSR count). The predicted molar refractivity (Wildman–Crippen MR) is 109 cm³/mol. The van der Waals surface area contributed by atoms with E-state index in [0.29, 0.717) is 18.8 Å². The third-order valence-corrected chi connectivity index (χ3v) is 4.42. The Hall–Kier alpha value is -3.49. The molecule has 0 aliphatic rings. The number of carbonyl (C=O) groups is 1. The first-order valence-electron chi connectivity index (χ1n) is 9.62. The number of carbonyl (C=O) groups excluding carboxylic acids is 1. The minimum atomic E-state index is -4.53. The van der Waals surface area contributed by atoms with Crippen molar-refractivity contribution < 1.29 is 27.4 Å². The van der Waals surface area contributed by atoms with Crippen LogP contribution in [0.4, 0.5) is 18.9 Å². The number of amides is 1. The fourth-order valence-electron chi connectivity index (χ4n) is 2.72. The van der Waals surface area contributed by atoms with Crippen LogP contribution in [0.25, 0.3) is 0 Å². The third kappa shape index (κ3) is 5.78. The monoisotopic (exact) mass is 433 g/mol. The molecule has 0 aliphatic carbocycles. The lowest BCUT2D eigenvalue weighted by molar-refractivity contribution is -0.137. The molecule has 31 heavy (non-hydrogen) atoms. The van der Waals surface area contributed by atoms with Gasteiger partial charge in [-0.05, 0) is 48.9 Å². The zero-order valence-corrected chi connectivity index (χ0v) is 17.1. The van der Waals surface area contributed by atoms with Gasteiger partial charge in [0.15, 0.2) is 0 Å². The van der Waals surface area contributed by atoms with Gasteiger partial charge in [0.05, 0.1) is 17.9 Å². The smallest absolute Gasteiger partial charge is 0.416 e. The second kappa shape index (κ2) is 9.55. The largest absolute Gasteiger partial charge is 0.491 e. The topological polar surface area (TPSA) is 65.4 Å². The van der Waals surface area contributed by atoms with Crippen molar-refractivity contribution >= 4 is 11.6 Å². The summed E-state index contributed by atoms with van der Waals surface area (Å²) in [6.07, 6.45) is -0.389. The number of imidazole rings is 1. The van der Waals surface area contributed by atoms with E-state index in [1.807, 2.05) is 18.5 Å². The molecule has 2 aromatic carbocycles. The molecule has 3 aromatic rings. The number of benzene rings is 2. The van der Waals surface area contributed by atoms with Crippen molar-refractivity contribution in [2.75, 3.05) is 11.9 Å². The van der Waals surface area contributed by atoms with E-state index in [9.17, 15) is 18.0 Å². The van der Waals surface area contributed by atoms with E-state index in [-0.39, 0.29) is 23.6 Å². The Balaban J connectivity index is 1.71. The molecule has 0 bridgehead atoms.